The molecular formula is C14H13ClN2O. The second-order valence-corrected chi connectivity index (χ2v) is 4.51. The first-order valence-electron chi connectivity index (χ1n) is 5.57. The Hall–Kier alpha value is -1.87. The Balaban J connectivity index is 2.21. The third kappa shape index (κ3) is 2.87. The van der Waals surface area contributed by atoms with E-state index < -0.39 is 0 Å². The number of nitrogens with zero attached hydrogens (tertiary/aromatic N) is 1. The van der Waals surface area contributed by atoms with Gasteiger partial charge >= 0.3 is 0 Å². The molecule has 0 spiro atoms. The largest absolute Gasteiger partial charge is 0.320 e. The van der Waals surface area contributed by atoms with Gasteiger partial charge in [0.2, 0.25) is 0 Å². The molecule has 4 heteroatoms. The van der Waals surface area contributed by atoms with Crippen molar-refractivity contribution in [2.24, 2.45) is 0 Å². The van der Waals surface area contributed by atoms with Gasteiger partial charge in [-0.3, -0.25) is 4.79 Å². The van der Waals surface area contributed by atoms with E-state index in [4.69, 9.17) is 11.6 Å². The molecule has 0 bridgehead atoms. The number of carbonyl (C=O) groups excluding carboxylic acids is 1. The van der Waals surface area contributed by atoms with Gasteiger partial charge in [-0.1, -0.05) is 17.7 Å². The molecular weight excluding hydrogens is 248 g/mol. The van der Waals surface area contributed by atoms with Crippen LogP contribution in [0.5, 0.6) is 0 Å². The third-order valence-electron chi connectivity index (χ3n) is 2.56. The summed E-state index contributed by atoms with van der Waals surface area (Å²) in [6.07, 6.45) is 0. The van der Waals surface area contributed by atoms with Crippen LogP contribution in [0.4, 0.5) is 5.69 Å². The zero-order chi connectivity index (χ0) is 13.1. The first-order chi connectivity index (χ1) is 8.56. The first-order valence-corrected chi connectivity index (χ1v) is 5.95. The number of aromatic nitrogens is 1. The van der Waals surface area contributed by atoms with Gasteiger partial charge in [0, 0.05) is 16.4 Å². The smallest absolute Gasteiger partial charge is 0.274 e. The molecule has 1 heterocycles. The molecule has 3 nitrogen and oxygen atoms in total. The Bertz CT molecular complexity index is 596. The van der Waals surface area contributed by atoms with Crippen LogP contribution in [-0.2, 0) is 0 Å². The summed E-state index contributed by atoms with van der Waals surface area (Å²) >= 11 is 5.87. The van der Waals surface area contributed by atoms with Crippen LogP contribution in [0.1, 0.15) is 21.7 Å². The van der Waals surface area contributed by atoms with Crippen molar-refractivity contribution in [3.63, 3.8) is 0 Å². The Morgan fingerprint density at radius 2 is 2.00 bits per heavy atom. The minimum absolute atomic E-state index is 0.218. The number of nitrogens with one attached hydrogen (secondary N) is 1. The standard InChI is InChI=1S/C14H13ClN2O/c1-9-8-11(15)6-7-12(9)17-14(18)13-5-3-4-10(2)16-13/h3-8H,1-2H3,(H,17,18). The molecule has 2 rings (SSSR count). The van der Waals surface area contributed by atoms with Crippen LogP contribution in [0.25, 0.3) is 0 Å². The highest BCUT2D eigenvalue weighted by Gasteiger charge is 2.09. The fourth-order valence-electron chi connectivity index (χ4n) is 1.62. The lowest BCUT2D eigenvalue weighted by molar-refractivity contribution is 0.102. The molecule has 2 aromatic rings. The number of hydrogen-bond donors (Lipinski definition) is 1. The van der Waals surface area contributed by atoms with Crippen molar-refractivity contribution in [1.82, 2.24) is 4.98 Å². The highest BCUT2D eigenvalue weighted by molar-refractivity contribution is 6.30. The quantitative estimate of drug-likeness (QED) is 0.896. The third-order valence-corrected chi connectivity index (χ3v) is 2.79. The van der Waals surface area contributed by atoms with E-state index in [0.29, 0.717) is 10.7 Å². The second-order valence-electron chi connectivity index (χ2n) is 4.08. The number of aryl methyl sites for hydroxylation is 2. The number of hydrogen-bond acceptors (Lipinski definition) is 2. The van der Waals surface area contributed by atoms with Crippen molar-refractivity contribution in [3.05, 3.63) is 58.4 Å². The van der Waals surface area contributed by atoms with Gasteiger partial charge in [0.15, 0.2) is 0 Å². The van der Waals surface area contributed by atoms with Gasteiger partial charge < -0.3 is 5.32 Å². The van der Waals surface area contributed by atoms with Crippen molar-refractivity contribution < 1.29 is 4.79 Å². The molecule has 0 aliphatic carbocycles. The second kappa shape index (κ2) is 5.19. The normalized spacial score (nSPS) is 10.2. The predicted molar refractivity (Wildman–Crippen MR) is 73.1 cm³/mol. The van der Waals surface area contributed by atoms with E-state index in [1.807, 2.05) is 26.0 Å². The topological polar surface area (TPSA) is 42.0 Å². The maximum absolute atomic E-state index is 12.0. The molecule has 0 aliphatic heterocycles. The number of pyridine rings is 1. The molecule has 0 atom stereocenters. The van der Waals surface area contributed by atoms with Crippen molar-refractivity contribution in [1.29, 1.82) is 0 Å². The SMILES string of the molecule is Cc1cccc(C(=O)Nc2ccc(Cl)cc2C)n1. The van der Waals surface area contributed by atoms with Gasteiger partial charge in [0.25, 0.3) is 5.91 Å². The van der Waals surface area contributed by atoms with E-state index in [9.17, 15) is 4.79 Å². The molecule has 0 saturated carbocycles. The summed E-state index contributed by atoms with van der Waals surface area (Å²) in [6.45, 7) is 3.75. The van der Waals surface area contributed by atoms with Gasteiger partial charge in [-0.15, -0.1) is 0 Å². The lowest BCUT2D eigenvalue weighted by Crippen LogP contribution is -2.14. The van der Waals surface area contributed by atoms with Gasteiger partial charge in [-0.25, -0.2) is 4.98 Å². The summed E-state index contributed by atoms with van der Waals surface area (Å²) in [6, 6.07) is 10.7. The van der Waals surface area contributed by atoms with Gasteiger partial charge in [0.1, 0.15) is 5.69 Å². The number of halogens is 1. The molecule has 1 amide bonds. The summed E-state index contributed by atoms with van der Waals surface area (Å²) < 4.78 is 0. The highest BCUT2D eigenvalue weighted by atomic mass is 35.5. The Labute approximate surface area is 111 Å². The van der Waals surface area contributed by atoms with E-state index in [1.54, 1.807) is 24.3 Å². The van der Waals surface area contributed by atoms with E-state index >= 15 is 0 Å². The molecule has 1 aromatic heterocycles. The molecule has 0 unspecified atom stereocenters. The van der Waals surface area contributed by atoms with E-state index in [0.717, 1.165) is 16.9 Å². The number of benzene rings is 1. The predicted octanol–water partition coefficient (Wildman–Crippen LogP) is 3.60. The minimum atomic E-state index is -0.218. The fourth-order valence-corrected chi connectivity index (χ4v) is 1.85. The van der Waals surface area contributed by atoms with Crippen LogP contribution >= 0.6 is 11.6 Å². The van der Waals surface area contributed by atoms with Gasteiger partial charge in [-0.05, 0) is 49.7 Å². The minimum Gasteiger partial charge on any atom is -0.320 e. The van der Waals surface area contributed by atoms with Crippen molar-refractivity contribution in [3.8, 4) is 0 Å². The summed E-state index contributed by atoms with van der Waals surface area (Å²) in [4.78, 5) is 16.2. The lowest BCUT2D eigenvalue weighted by atomic mass is 10.2. The molecule has 1 N–H and O–H groups in total. The van der Waals surface area contributed by atoms with Crippen molar-refractivity contribution in [2.45, 2.75) is 13.8 Å². The van der Waals surface area contributed by atoms with E-state index in [2.05, 4.69) is 10.3 Å². The molecule has 18 heavy (non-hydrogen) atoms. The number of anilines is 1. The molecule has 0 saturated heterocycles. The number of rotatable bonds is 2. The Morgan fingerprint density at radius 3 is 2.67 bits per heavy atom. The fraction of sp³-hybridized carbons (Fsp3) is 0.143. The van der Waals surface area contributed by atoms with Crippen molar-refractivity contribution in [2.75, 3.05) is 5.32 Å². The molecule has 0 aliphatic rings. The zero-order valence-corrected chi connectivity index (χ0v) is 11.0. The van der Waals surface area contributed by atoms with Crippen LogP contribution < -0.4 is 5.32 Å². The maximum atomic E-state index is 12.0. The van der Waals surface area contributed by atoms with Gasteiger partial charge in [-0.2, -0.15) is 0 Å². The van der Waals surface area contributed by atoms with Crippen LogP contribution in [-0.4, -0.2) is 10.9 Å². The average Bonchev–Trinajstić information content (AvgIpc) is 2.32. The lowest BCUT2D eigenvalue weighted by Gasteiger charge is -2.08. The molecule has 1 aromatic carbocycles. The number of carbonyl (C=O) groups is 1. The zero-order valence-electron chi connectivity index (χ0n) is 10.2. The van der Waals surface area contributed by atoms with E-state index in [1.165, 1.54) is 0 Å². The summed E-state index contributed by atoms with van der Waals surface area (Å²) in [5, 5.41) is 3.47. The monoisotopic (exact) mass is 260 g/mol. The Kier molecular flexibility index (Phi) is 3.63. The molecule has 92 valence electrons. The number of amides is 1. The summed E-state index contributed by atoms with van der Waals surface area (Å²) in [7, 11) is 0. The van der Waals surface area contributed by atoms with E-state index in [-0.39, 0.29) is 5.91 Å². The first kappa shape index (κ1) is 12.6. The molecule has 0 radical (unpaired) electrons. The molecule has 0 fully saturated rings. The van der Waals surface area contributed by atoms with Crippen LogP contribution in [0, 0.1) is 13.8 Å². The van der Waals surface area contributed by atoms with Crippen LogP contribution in [0.3, 0.4) is 0 Å². The average molecular weight is 261 g/mol. The van der Waals surface area contributed by atoms with Crippen LogP contribution in [0.2, 0.25) is 5.02 Å². The highest BCUT2D eigenvalue weighted by Crippen LogP contribution is 2.20. The Morgan fingerprint density at radius 1 is 1.22 bits per heavy atom. The maximum Gasteiger partial charge on any atom is 0.274 e. The van der Waals surface area contributed by atoms with Crippen molar-refractivity contribution >= 4 is 23.2 Å². The van der Waals surface area contributed by atoms with Crippen LogP contribution in [0.15, 0.2) is 36.4 Å². The summed E-state index contributed by atoms with van der Waals surface area (Å²) in [5.41, 5.74) is 2.89. The van der Waals surface area contributed by atoms with Gasteiger partial charge in [0.05, 0.1) is 0 Å². The summed E-state index contributed by atoms with van der Waals surface area (Å²) in [5.74, 6) is -0.218.